The molecule has 2 heteroatoms. The van der Waals surface area contributed by atoms with E-state index in [0.717, 1.165) is 6.04 Å². The molecule has 0 aromatic heterocycles. The van der Waals surface area contributed by atoms with Gasteiger partial charge in [-0.15, -0.1) is 0 Å². The Hall–Kier alpha value is 0.390. The third kappa shape index (κ3) is 4.42. The fraction of sp³-hybridized carbons (Fsp3) is 1.00. The van der Waals surface area contributed by atoms with Crippen molar-refractivity contribution in [2.24, 2.45) is 0 Å². The molecule has 0 spiro atoms. The smallest absolute Gasteiger partial charge is 0.0105 e. The molecule has 0 bridgehead atoms. The molecule has 74 valence electrons. The van der Waals surface area contributed by atoms with Crippen molar-refractivity contribution in [2.45, 2.75) is 46.1 Å². The van der Waals surface area contributed by atoms with E-state index in [0.29, 0.717) is 0 Å². The summed E-state index contributed by atoms with van der Waals surface area (Å²) in [6.07, 6.45) is 4.07. The molecular weight excluding hydrogens is 165 g/mol. The van der Waals surface area contributed by atoms with Gasteiger partial charge in [-0.3, -0.25) is 4.67 Å². The molecule has 0 N–H and O–H groups in total. The normalized spacial score (nSPS) is 14.2. The van der Waals surface area contributed by atoms with Gasteiger partial charge in [0.05, 0.1) is 0 Å². The van der Waals surface area contributed by atoms with Gasteiger partial charge in [0.25, 0.3) is 0 Å². The van der Waals surface area contributed by atoms with Crippen LogP contribution in [0.2, 0.25) is 0 Å². The van der Waals surface area contributed by atoms with Crippen LogP contribution in [0.25, 0.3) is 0 Å². The van der Waals surface area contributed by atoms with Crippen LogP contribution in [0.5, 0.6) is 0 Å². The van der Waals surface area contributed by atoms with Gasteiger partial charge in [-0.1, -0.05) is 26.7 Å². The van der Waals surface area contributed by atoms with Gasteiger partial charge in [-0.05, 0) is 41.3 Å². The molecular formula is C10H24NP. The van der Waals surface area contributed by atoms with Gasteiger partial charge in [0.1, 0.15) is 0 Å². The first-order valence-electron chi connectivity index (χ1n) is 5.07. The van der Waals surface area contributed by atoms with Crippen LogP contribution in [0.4, 0.5) is 0 Å². The van der Waals surface area contributed by atoms with Crippen LogP contribution >= 0.6 is 8.07 Å². The lowest BCUT2D eigenvalue weighted by molar-refractivity contribution is 0.352. The van der Waals surface area contributed by atoms with Crippen molar-refractivity contribution in [3.63, 3.8) is 0 Å². The lowest BCUT2D eigenvalue weighted by atomic mass is 10.1. The largest absolute Gasteiger partial charge is 0.280 e. The first-order chi connectivity index (χ1) is 5.63. The highest BCUT2D eigenvalue weighted by Gasteiger charge is 2.13. The van der Waals surface area contributed by atoms with Crippen molar-refractivity contribution in [1.82, 2.24) is 4.67 Å². The summed E-state index contributed by atoms with van der Waals surface area (Å²) in [5.41, 5.74) is 0. The highest BCUT2D eigenvalue weighted by molar-refractivity contribution is 7.53. The third-order valence-electron chi connectivity index (χ3n) is 2.32. The summed E-state index contributed by atoms with van der Waals surface area (Å²) in [5, 5.41) is 0. The second kappa shape index (κ2) is 6.86. The Labute approximate surface area is 79.3 Å². The van der Waals surface area contributed by atoms with Gasteiger partial charge in [0.15, 0.2) is 0 Å². The zero-order valence-corrected chi connectivity index (χ0v) is 10.2. The van der Waals surface area contributed by atoms with E-state index in [-0.39, 0.29) is 8.07 Å². The third-order valence-corrected chi connectivity index (χ3v) is 4.03. The zero-order valence-electron chi connectivity index (χ0n) is 9.30. The van der Waals surface area contributed by atoms with Gasteiger partial charge >= 0.3 is 0 Å². The van der Waals surface area contributed by atoms with Crippen molar-refractivity contribution < 1.29 is 0 Å². The zero-order chi connectivity index (χ0) is 9.56. The Balaban J connectivity index is 3.77. The van der Waals surface area contributed by atoms with E-state index in [2.05, 4.69) is 38.8 Å². The average Bonchev–Trinajstić information content (AvgIpc) is 2.01. The fourth-order valence-corrected chi connectivity index (χ4v) is 3.11. The standard InChI is InChI=1S/C10H24NP/c1-6-8-9-10(3)11(7-2)12(4)5/h10H,6-9H2,1-5H3. The summed E-state index contributed by atoms with van der Waals surface area (Å²) in [7, 11) is 0.113. The van der Waals surface area contributed by atoms with Crippen molar-refractivity contribution in [3.05, 3.63) is 0 Å². The van der Waals surface area contributed by atoms with E-state index in [4.69, 9.17) is 0 Å². The number of rotatable bonds is 6. The Morgan fingerprint density at radius 2 is 1.83 bits per heavy atom. The van der Waals surface area contributed by atoms with E-state index in [1.807, 2.05) is 0 Å². The second-order valence-electron chi connectivity index (χ2n) is 3.59. The first kappa shape index (κ1) is 12.4. The van der Waals surface area contributed by atoms with Crippen molar-refractivity contribution in [2.75, 3.05) is 19.9 Å². The van der Waals surface area contributed by atoms with Crippen LogP contribution in [0, 0.1) is 0 Å². The van der Waals surface area contributed by atoms with Crippen LogP contribution in [0.3, 0.4) is 0 Å². The van der Waals surface area contributed by atoms with Crippen LogP contribution in [0.1, 0.15) is 40.0 Å². The number of hydrogen-bond donors (Lipinski definition) is 0. The average molecular weight is 189 g/mol. The molecule has 0 saturated heterocycles. The molecule has 0 saturated carbocycles. The molecule has 0 aliphatic heterocycles. The van der Waals surface area contributed by atoms with Crippen LogP contribution in [-0.4, -0.2) is 30.6 Å². The molecule has 1 atom stereocenters. The van der Waals surface area contributed by atoms with E-state index in [1.54, 1.807) is 0 Å². The Kier molecular flexibility index (Phi) is 7.08. The summed E-state index contributed by atoms with van der Waals surface area (Å²) < 4.78 is 2.63. The Bertz CT molecular complexity index is 104. The lowest BCUT2D eigenvalue weighted by Crippen LogP contribution is -2.27. The van der Waals surface area contributed by atoms with E-state index < -0.39 is 0 Å². The molecule has 0 aliphatic rings. The van der Waals surface area contributed by atoms with Crippen LogP contribution in [-0.2, 0) is 0 Å². The van der Waals surface area contributed by atoms with E-state index >= 15 is 0 Å². The van der Waals surface area contributed by atoms with Gasteiger partial charge < -0.3 is 0 Å². The number of hydrogen-bond acceptors (Lipinski definition) is 1. The van der Waals surface area contributed by atoms with Gasteiger partial charge in [-0.25, -0.2) is 0 Å². The fourth-order valence-electron chi connectivity index (χ4n) is 1.64. The molecule has 0 heterocycles. The van der Waals surface area contributed by atoms with Crippen LogP contribution in [0.15, 0.2) is 0 Å². The summed E-state index contributed by atoms with van der Waals surface area (Å²) in [6.45, 7) is 12.8. The van der Waals surface area contributed by atoms with Gasteiger partial charge in [0, 0.05) is 6.04 Å². The second-order valence-corrected chi connectivity index (χ2v) is 5.80. The summed E-state index contributed by atoms with van der Waals surface area (Å²) in [4.78, 5) is 0. The number of nitrogens with zero attached hydrogens (tertiary/aromatic N) is 1. The van der Waals surface area contributed by atoms with Crippen molar-refractivity contribution >= 4 is 8.07 Å². The minimum atomic E-state index is 0.113. The quantitative estimate of drug-likeness (QED) is 0.578. The lowest BCUT2D eigenvalue weighted by Gasteiger charge is -2.31. The van der Waals surface area contributed by atoms with Gasteiger partial charge in [-0.2, -0.15) is 0 Å². The topological polar surface area (TPSA) is 3.24 Å². The Morgan fingerprint density at radius 1 is 1.25 bits per heavy atom. The van der Waals surface area contributed by atoms with E-state index in [9.17, 15) is 0 Å². The SMILES string of the molecule is CCCCC(C)N(CC)P(C)C. The monoisotopic (exact) mass is 189 g/mol. The summed E-state index contributed by atoms with van der Waals surface area (Å²) in [5.74, 6) is 0. The Morgan fingerprint density at radius 3 is 2.17 bits per heavy atom. The predicted octanol–water partition coefficient (Wildman–Crippen LogP) is 3.54. The summed E-state index contributed by atoms with van der Waals surface area (Å²) >= 11 is 0. The van der Waals surface area contributed by atoms with Gasteiger partial charge in [0.2, 0.25) is 0 Å². The molecule has 0 fully saturated rings. The molecule has 12 heavy (non-hydrogen) atoms. The maximum Gasteiger partial charge on any atom is 0.0105 e. The minimum Gasteiger partial charge on any atom is -0.280 e. The molecule has 0 aliphatic carbocycles. The van der Waals surface area contributed by atoms with Crippen molar-refractivity contribution in [3.8, 4) is 0 Å². The first-order valence-corrected chi connectivity index (χ1v) is 7.26. The van der Waals surface area contributed by atoms with E-state index in [1.165, 1.54) is 25.8 Å². The van der Waals surface area contributed by atoms with Crippen LogP contribution < -0.4 is 0 Å². The molecule has 1 nitrogen and oxygen atoms in total. The molecule has 0 rings (SSSR count). The predicted molar refractivity (Wildman–Crippen MR) is 60.1 cm³/mol. The molecule has 1 unspecified atom stereocenters. The maximum absolute atomic E-state index is 2.63. The molecule has 0 aromatic rings. The molecule has 0 amide bonds. The maximum atomic E-state index is 2.63. The minimum absolute atomic E-state index is 0.113. The highest BCUT2D eigenvalue weighted by Crippen LogP contribution is 2.33. The summed E-state index contributed by atoms with van der Waals surface area (Å²) in [6, 6.07) is 0.788. The number of unbranched alkanes of at least 4 members (excludes halogenated alkanes) is 1. The van der Waals surface area contributed by atoms with Crippen molar-refractivity contribution in [1.29, 1.82) is 0 Å². The molecule has 0 radical (unpaired) electrons. The molecule has 0 aromatic carbocycles. The highest BCUT2D eigenvalue weighted by atomic mass is 31.1.